The van der Waals surface area contributed by atoms with E-state index in [0.29, 0.717) is 5.75 Å². The number of hydrogen-bond acceptors (Lipinski definition) is 2. The van der Waals surface area contributed by atoms with Crippen molar-refractivity contribution in [1.29, 1.82) is 0 Å². The van der Waals surface area contributed by atoms with E-state index >= 15 is 0 Å². The van der Waals surface area contributed by atoms with Crippen molar-refractivity contribution >= 4 is 63.7 Å². The summed E-state index contributed by atoms with van der Waals surface area (Å²) in [5, 5.41) is 0. The minimum atomic E-state index is 0.704. The van der Waals surface area contributed by atoms with Crippen LogP contribution < -0.4 is 9.47 Å². The molecule has 0 spiro atoms. The van der Waals surface area contributed by atoms with Gasteiger partial charge in [0.05, 0.1) is 20.5 Å². The minimum absolute atomic E-state index is 0.704. The summed E-state index contributed by atoms with van der Waals surface area (Å²) in [5.41, 5.74) is 0. The van der Waals surface area contributed by atoms with Crippen LogP contribution in [0.3, 0.4) is 0 Å². The highest BCUT2D eigenvalue weighted by Crippen LogP contribution is 2.42. The fourth-order valence-electron chi connectivity index (χ4n) is 1.43. The maximum Gasteiger partial charge on any atom is 0.143 e. The molecule has 100 valence electrons. The first-order valence-electron chi connectivity index (χ1n) is 5.18. The molecule has 0 N–H and O–H groups in total. The number of benzene rings is 2. The van der Waals surface area contributed by atoms with Crippen molar-refractivity contribution in [2.45, 2.75) is 0 Å². The van der Waals surface area contributed by atoms with Gasteiger partial charge in [-0.25, -0.2) is 0 Å². The number of halogens is 4. The first-order chi connectivity index (χ1) is 9.02. The number of ether oxygens (including phenoxy) is 2. The van der Waals surface area contributed by atoms with Crippen LogP contribution in [0.2, 0.25) is 0 Å². The highest BCUT2D eigenvalue weighted by Gasteiger charge is 2.12. The highest BCUT2D eigenvalue weighted by molar-refractivity contribution is 9.13. The Bertz CT molecular complexity index is 614. The molecule has 0 heterocycles. The van der Waals surface area contributed by atoms with Crippen molar-refractivity contribution in [2.75, 3.05) is 7.11 Å². The van der Waals surface area contributed by atoms with Gasteiger partial charge in [0, 0.05) is 4.47 Å². The van der Waals surface area contributed by atoms with Crippen LogP contribution >= 0.6 is 63.7 Å². The summed E-state index contributed by atoms with van der Waals surface area (Å²) < 4.78 is 14.6. The first-order valence-corrected chi connectivity index (χ1v) is 8.35. The molecule has 0 aliphatic carbocycles. The van der Waals surface area contributed by atoms with Gasteiger partial charge in [0.25, 0.3) is 0 Å². The van der Waals surface area contributed by atoms with Crippen LogP contribution in [0.25, 0.3) is 0 Å². The Labute approximate surface area is 145 Å². The summed E-state index contributed by atoms with van der Waals surface area (Å²) in [4.78, 5) is 0. The van der Waals surface area contributed by atoms with E-state index in [-0.39, 0.29) is 0 Å². The molecule has 6 heteroatoms. The molecule has 0 radical (unpaired) electrons. The average molecular weight is 516 g/mol. The fourth-order valence-corrected chi connectivity index (χ4v) is 3.45. The van der Waals surface area contributed by atoms with Gasteiger partial charge in [-0.05, 0) is 78.1 Å². The van der Waals surface area contributed by atoms with Crippen LogP contribution in [0.4, 0.5) is 0 Å². The summed E-state index contributed by atoms with van der Waals surface area (Å²) in [7, 11) is 1.62. The summed E-state index contributed by atoms with van der Waals surface area (Å²) in [6.45, 7) is 0. The van der Waals surface area contributed by atoms with Crippen LogP contribution in [0.5, 0.6) is 17.2 Å². The lowest BCUT2D eigenvalue weighted by Gasteiger charge is -2.12. The Morgan fingerprint density at radius 3 is 2.00 bits per heavy atom. The van der Waals surface area contributed by atoms with Gasteiger partial charge < -0.3 is 9.47 Å². The van der Waals surface area contributed by atoms with Gasteiger partial charge in [-0.1, -0.05) is 15.9 Å². The number of rotatable bonds is 3. The maximum absolute atomic E-state index is 5.88. The Kier molecular flexibility index (Phi) is 5.34. The molecule has 19 heavy (non-hydrogen) atoms. The molecule has 0 aliphatic rings. The standard InChI is InChI=1S/C13H8Br4O2/c1-18-10-4-5-11(13(17)12(10)16)19-9-3-2-7(14)6-8(9)15/h2-6H,1H3. The smallest absolute Gasteiger partial charge is 0.143 e. The molecule has 0 saturated heterocycles. The average Bonchev–Trinajstić information content (AvgIpc) is 2.38. The molecular weight excluding hydrogens is 508 g/mol. The molecule has 0 saturated carbocycles. The fraction of sp³-hybridized carbons (Fsp3) is 0.0769. The van der Waals surface area contributed by atoms with Crippen LogP contribution in [-0.2, 0) is 0 Å². The number of methoxy groups -OCH3 is 1. The van der Waals surface area contributed by atoms with E-state index in [1.807, 2.05) is 30.3 Å². The van der Waals surface area contributed by atoms with E-state index < -0.39 is 0 Å². The predicted molar refractivity (Wildman–Crippen MR) is 90.3 cm³/mol. The zero-order valence-corrected chi connectivity index (χ0v) is 16.1. The molecular formula is C13H8Br4O2. The largest absolute Gasteiger partial charge is 0.496 e. The normalized spacial score (nSPS) is 10.4. The van der Waals surface area contributed by atoms with Crippen LogP contribution in [0.15, 0.2) is 48.2 Å². The lowest BCUT2D eigenvalue weighted by atomic mass is 10.3. The van der Waals surface area contributed by atoms with Gasteiger partial charge in [0.1, 0.15) is 17.2 Å². The third kappa shape index (κ3) is 3.54. The Morgan fingerprint density at radius 2 is 1.37 bits per heavy atom. The molecule has 2 rings (SSSR count). The molecule has 0 bridgehead atoms. The van der Waals surface area contributed by atoms with Gasteiger partial charge >= 0.3 is 0 Å². The molecule has 2 nitrogen and oxygen atoms in total. The zero-order chi connectivity index (χ0) is 14.0. The Balaban J connectivity index is 2.36. The van der Waals surface area contributed by atoms with Crippen molar-refractivity contribution in [1.82, 2.24) is 0 Å². The molecule has 0 fully saturated rings. The molecule has 0 unspecified atom stereocenters. The second-order valence-corrected chi connectivity index (χ2v) is 6.93. The third-order valence-electron chi connectivity index (χ3n) is 2.35. The van der Waals surface area contributed by atoms with Crippen LogP contribution in [-0.4, -0.2) is 7.11 Å². The van der Waals surface area contributed by atoms with Gasteiger partial charge in [-0.3, -0.25) is 0 Å². The van der Waals surface area contributed by atoms with Crippen molar-refractivity contribution < 1.29 is 9.47 Å². The maximum atomic E-state index is 5.88. The summed E-state index contributed by atoms with van der Waals surface area (Å²) >= 11 is 13.8. The van der Waals surface area contributed by atoms with E-state index in [2.05, 4.69) is 63.7 Å². The molecule has 0 atom stereocenters. The van der Waals surface area contributed by atoms with Crippen molar-refractivity contribution in [3.63, 3.8) is 0 Å². The Morgan fingerprint density at radius 1 is 0.789 bits per heavy atom. The summed E-state index contributed by atoms with van der Waals surface area (Å²) in [6.07, 6.45) is 0. The quantitative estimate of drug-likeness (QED) is 0.462. The molecule has 0 aliphatic heterocycles. The van der Waals surface area contributed by atoms with Gasteiger partial charge in [-0.15, -0.1) is 0 Å². The van der Waals surface area contributed by atoms with Crippen LogP contribution in [0, 0.1) is 0 Å². The van der Waals surface area contributed by atoms with Gasteiger partial charge in [-0.2, -0.15) is 0 Å². The van der Waals surface area contributed by atoms with E-state index in [1.54, 1.807) is 7.11 Å². The molecule has 2 aromatic rings. The zero-order valence-electron chi connectivity index (χ0n) is 9.72. The second-order valence-electron chi connectivity index (χ2n) is 3.57. The molecule has 2 aromatic carbocycles. The third-order valence-corrected chi connectivity index (χ3v) is 5.56. The lowest BCUT2D eigenvalue weighted by molar-refractivity contribution is 0.409. The number of hydrogen-bond donors (Lipinski definition) is 0. The minimum Gasteiger partial charge on any atom is -0.496 e. The Hall–Kier alpha value is -0.0400. The highest BCUT2D eigenvalue weighted by atomic mass is 79.9. The SMILES string of the molecule is COc1ccc(Oc2ccc(Br)cc2Br)c(Br)c1Br. The van der Waals surface area contributed by atoms with Crippen molar-refractivity contribution in [3.05, 3.63) is 48.2 Å². The van der Waals surface area contributed by atoms with Crippen molar-refractivity contribution in [2.24, 2.45) is 0 Å². The van der Waals surface area contributed by atoms with E-state index in [1.165, 1.54) is 0 Å². The second kappa shape index (κ2) is 6.61. The van der Waals surface area contributed by atoms with Crippen LogP contribution in [0.1, 0.15) is 0 Å². The summed E-state index contributed by atoms with van der Waals surface area (Å²) in [6, 6.07) is 9.44. The molecule has 0 aromatic heterocycles. The first kappa shape index (κ1) is 15.4. The lowest BCUT2D eigenvalue weighted by Crippen LogP contribution is -1.90. The van der Waals surface area contributed by atoms with Crippen molar-refractivity contribution in [3.8, 4) is 17.2 Å². The van der Waals surface area contributed by atoms with E-state index in [9.17, 15) is 0 Å². The van der Waals surface area contributed by atoms with Gasteiger partial charge in [0.15, 0.2) is 0 Å². The topological polar surface area (TPSA) is 18.5 Å². The van der Waals surface area contributed by atoms with Gasteiger partial charge in [0.2, 0.25) is 0 Å². The monoisotopic (exact) mass is 512 g/mol. The predicted octanol–water partition coefficient (Wildman–Crippen LogP) is 6.54. The molecule has 0 amide bonds. The summed E-state index contributed by atoms with van der Waals surface area (Å²) in [5.74, 6) is 2.19. The van der Waals surface area contributed by atoms with E-state index in [0.717, 1.165) is 29.4 Å². The van der Waals surface area contributed by atoms with E-state index in [4.69, 9.17) is 9.47 Å².